The Labute approximate surface area is 140 Å². The molecule has 0 aliphatic carbocycles. The summed E-state index contributed by atoms with van der Waals surface area (Å²) in [5.41, 5.74) is 0.421. The van der Waals surface area contributed by atoms with E-state index in [0.29, 0.717) is 17.7 Å². The second kappa shape index (κ2) is 6.34. The van der Waals surface area contributed by atoms with Gasteiger partial charge in [0.05, 0.1) is 6.61 Å². The first-order chi connectivity index (χ1) is 11.5. The Kier molecular flexibility index (Phi) is 4.39. The van der Waals surface area contributed by atoms with E-state index >= 15 is 0 Å². The average molecular weight is 329 g/mol. The number of halogens is 1. The molecule has 2 aromatic carbocycles. The molecular weight excluding hydrogens is 309 g/mol. The fourth-order valence-electron chi connectivity index (χ4n) is 3.45. The fourth-order valence-corrected chi connectivity index (χ4v) is 3.45. The summed E-state index contributed by atoms with van der Waals surface area (Å²) in [5.74, 6) is -0.895. The number of benzene rings is 2. The third-order valence-corrected chi connectivity index (χ3v) is 4.48. The van der Waals surface area contributed by atoms with Gasteiger partial charge in [0.2, 0.25) is 0 Å². The van der Waals surface area contributed by atoms with Crippen molar-refractivity contribution in [1.82, 2.24) is 4.90 Å². The van der Waals surface area contributed by atoms with Crippen molar-refractivity contribution >= 4 is 5.97 Å². The maximum atomic E-state index is 13.3. The highest BCUT2D eigenvalue weighted by Crippen LogP contribution is 2.41. The molecule has 126 valence electrons. The van der Waals surface area contributed by atoms with Crippen LogP contribution in [0.25, 0.3) is 0 Å². The summed E-state index contributed by atoms with van der Waals surface area (Å²) in [6.45, 7) is 2.47. The summed E-state index contributed by atoms with van der Waals surface area (Å²) in [4.78, 5) is 14.3. The van der Waals surface area contributed by atoms with Crippen molar-refractivity contribution in [2.24, 2.45) is 0 Å². The van der Waals surface area contributed by atoms with Gasteiger partial charge in [-0.3, -0.25) is 9.69 Å². The van der Waals surface area contributed by atoms with Crippen LogP contribution in [-0.2, 0) is 21.7 Å². The van der Waals surface area contributed by atoms with Gasteiger partial charge < -0.3 is 9.84 Å². The lowest BCUT2D eigenvalue weighted by atomic mass is 9.75. The van der Waals surface area contributed by atoms with Gasteiger partial charge in [0.15, 0.2) is 0 Å². The van der Waals surface area contributed by atoms with E-state index in [9.17, 15) is 14.3 Å². The highest BCUT2D eigenvalue weighted by molar-refractivity contribution is 5.79. The molecule has 0 fully saturated rings. The number of rotatable bonds is 3. The predicted molar refractivity (Wildman–Crippen MR) is 87.7 cm³/mol. The van der Waals surface area contributed by atoms with Gasteiger partial charge >= 0.3 is 5.97 Å². The molecule has 4 nitrogen and oxygen atoms in total. The van der Waals surface area contributed by atoms with Crippen LogP contribution in [0, 0.1) is 5.82 Å². The van der Waals surface area contributed by atoms with Crippen LogP contribution in [0.1, 0.15) is 23.6 Å². The highest BCUT2D eigenvalue weighted by atomic mass is 19.1. The lowest BCUT2D eigenvalue weighted by molar-refractivity contribution is -0.160. The van der Waals surface area contributed by atoms with Crippen molar-refractivity contribution in [3.05, 3.63) is 71.0 Å². The van der Waals surface area contributed by atoms with Gasteiger partial charge in [-0.15, -0.1) is 0 Å². The maximum absolute atomic E-state index is 13.3. The van der Waals surface area contributed by atoms with Crippen molar-refractivity contribution in [3.63, 3.8) is 0 Å². The molecule has 1 aliphatic rings. The SMILES string of the molecule is CCOC(=O)C1N(C)Cc2ccccc2C1(O)c1ccc(F)cc1. The van der Waals surface area contributed by atoms with Crippen molar-refractivity contribution in [1.29, 1.82) is 0 Å². The van der Waals surface area contributed by atoms with Crippen molar-refractivity contribution < 1.29 is 19.0 Å². The molecule has 1 N–H and O–H groups in total. The molecule has 0 aromatic heterocycles. The molecule has 0 bridgehead atoms. The van der Waals surface area contributed by atoms with Crippen LogP contribution in [0.4, 0.5) is 4.39 Å². The fraction of sp³-hybridized carbons (Fsp3) is 0.316. The number of esters is 1. The lowest BCUT2D eigenvalue weighted by Crippen LogP contribution is -2.58. The van der Waals surface area contributed by atoms with Gasteiger partial charge in [-0.2, -0.15) is 0 Å². The molecule has 5 heteroatoms. The molecule has 1 heterocycles. The normalized spacial score (nSPS) is 23.6. The minimum Gasteiger partial charge on any atom is -0.465 e. The van der Waals surface area contributed by atoms with Crippen molar-refractivity contribution in [2.45, 2.75) is 25.1 Å². The number of nitrogens with zero attached hydrogens (tertiary/aromatic N) is 1. The van der Waals surface area contributed by atoms with E-state index in [1.807, 2.05) is 18.2 Å². The van der Waals surface area contributed by atoms with Crippen LogP contribution >= 0.6 is 0 Å². The Balaban J connectivity index is 2.21. The summed E-state index contributed by atoms with van der Waals surface area (Å²) in [5, 5.41) is 11.6. The maximum Gasteiger partial charge on any atom is 0.327 e. The number of carbonyl (C=O) groups excluding carboxylic acids is 1. The highest BCUT2D eigenvalue weighted by Gasteiger charge is 2.51. The number of carbonyl (C=O) groups is 1. The van der Waals surface area contributed by atoms with Crippen LogP contribution in [0.15, 0.2) is 48.5 Å². The molecule has 24 heavy (non-hydrogen) atoms. The first-order valence-corrected chi connectivity index (χ1v) is 7.92. The van der Waals surface area contributed by atoms with E-state index in [4.69, 9.17) is 4.74 Å². The summed E-state index contributed by atoms with van der Waals surface area (Å²) < 4.78 is 18.5. The number of fused-ring (bicyclic) bond motifs is 1. The molecule has 2 aromatic rings. The zero-order valence-corrected chi connectivity index (χ0v) is 13.7. The Morgan fingerprint density at radius 2 is 1.96 bits per heavy atom. The summed E-state index contributed by atoms with van der Waals surface area (Å²) >= 11 is 0. The van der Waals surface area contributed by atoms with Crippen LogP contribution in [0.2, 0.25) is 0 Å². The van der Waals surface area contributed by atoms with Gasteiger partial charge in [0, 0.05) is 6.54 Å². The zero-order chi connectivity index (χ0) is 17.3. The Morgan fingerprint density at radius 1 is 1.29 bits per heavy atom. The Hall–Kier alpha value is -2.24. The number of ether oxygens (including phenoxy) is 1. The number of hydrogen-bond acceptors (Lipinski definition) is 4. The average Bonchev–Trinajstić information content (AvgIpc) is 2.55. The van der Waals surface area contributed by atoms with E-state index < -0.39 is 23.4 Å². The predicted octanol–water partition coefficient (Wildman–Crippen LogP) is 2.44. The second-order valence-corrected chi connectivity index (χ2v) is 6.00. The van der Waals surface area contributed by atoms with Crippen molar-refractivity contribution in [3.8, 4) is 0 Å². The van der Waals surface area contributed by atoms with Crippen LogP contribution in [0.5, 0.6) is 0 Å². The summed E-state index contributed by atoms with van der Waals surface area (Å²) in [7, 11) is 1.77. The molecule has 0 spiro atoms. The molecule has 1 aliphatic heterocycles. The largest absolute Gasteiger partial charge is 0.465 e. The van der Waals surface area contributed by atoms with Gasteiger partial charge in [0.1, 0.15) is 17.5 Å². The second-order valence-electron chi connectivity index (χ2n) is 6.00. The van der Waals surface area contributed by atoms with Gasteiger partial charge in [-0.05, 0) is 42.8 Å². The number of aliphatic hydroxyl groups is 1. The molecule has 0 saturated carbocycles. The summed E-state index contributed by atoms with van der Waals surface area (Å²) in [6, 6.07) is 12.1. The van der Waals surface area contributed by atoms with E-state index in [-0.39, 0.29) is 6.61 Å². The van der Waals surface area contributed by atoms with E-state index in [1.54, 1.807) is 24.9 Å². The smallest absolute Gasteiger partial charge is 0.327 e. The van der Waals surface area contributed by atoms with Crippen LogP contribution in [0.3, 0.4) is 0 Å². The van der Waals surface area contributed by atoms with E-state index in [1.165, 1.54) is 24.3 Å². The standard InChI is InChI=1S/C19H20FNO3/c1-3-24-18(22)17-19(23,14-8-10-15(20)11-9-14)16-7-5-4-6-13(16)12-21(17)2/h4-11,17,23H,3,12H2,1-2H3. The van der Waals surface area contributed by atoms with Crippen molar-refractivity contribution in [2.75, 3.05) is 13.7 Å². The zero-order valence-electron chi connectivity index (χ0n) is 13.7. The molecule has 0 radical (unpaired) electrons. The molecule has 0 amide bonds. The third kappa shape index (κ3) is 2.60. The van der Waals surface area contributed by atoms with E-state index in [2.05, 4.69) is 0 Å². The van der Waals surface area contributed by atoms with Crippen LogP contribution in [-0.4, -0.2) is 35.7 Å². The van der Waals surface area contributed by atoms with Gasteiger partial charge in [0.25, 0.3) is 0 Å². The summed E-state index contributed by atoms with van der Waals surface area (Å²) in [6.07, 6.45) is 0. The number of likely N-dealkylation sites (N-methyl/N-ethyl adjacent to an activating group) is 1. The Morgan fingerprint density at radius 3 is 2.62 bits per heavy atom. The topological polar surface area (TPSA) is 49.8 Å². The minimum atomic E-state index is -1.61. The first-order valence-electron chi connectivity index (χ1n) is 7.92. The minimum absolute atomic E-state index is 0.227. The molecule has 3 rings (SSSR count). The molecule has 2 atom stereocenters. The lowest BCUT2D eigenvalue weighted by Gasteiger charge is -2.45. The van der Waals surface area contributed by atoms with Gasteiger partial charge in [-0.1, -0.05) is 36.4 Å². The molecular formula is C19H20FNO3. The third-order valence-electron chi connectivity index (χ3n) is 4.48. The Bertz CT molecular complexity index is 747. The molecule has 0 saturated heterocycles. The quantitative estimate of drug-likeness (QED) is 0.879. The number of hydrogen-bond donors (Lipinski definition) is 1. The monoisotopic (exact) mass is 329 g/mol. The molecule has 2 unspecified atom stereocenters. The van der Waals surface area contributed by atoms with Crippen LogP contribution < -0.4 is 0 Å². The first kappa shape index (κ1) is 16.6. The van der Waals surface area contributed by atoms with Gasteiger partial charge in [-0.25, -0.2) is 4.39 Å². The van der Waals surface area contributed by atoms with E-state index in [0.717, 1.165) is 5.56 Å².